The van der Waals surface area contributed by atoms with Crippen LogP contribution in [0.1, 0.15) is 25.1 Å². The van der Waals surface area contributed by atoms with E-state index in [9.17, 15) is 14.3 Å². The third-order valence-electron chi connectivity index (χ3n) is 5.76. The molecule has 1 fully saturated rings. The third-order valence-corrected chi connectivity index (χ3v) is 5.76. The fraction of sp³-hybridized carbons (Fsp3) is 0.304. The van der Waals surface area contributed by atoms with Crippen molar-refractivity contribution < 1.29 is 19.0 Å². The maximum absolute atomic E-state index is 14.5. The Morgan fingerprint density at radius 2 is 2.19 bits per heavy atom. The maximum atomic E-state index is 14.5. The molecule has 0 spiro atoms. The predicted octanol–water partition coefficient (Wildman–Crippen LogP) is 3.62. The number of hydrogen-bond acceptors (Lipinski definition) is 5. The van der Waals surface area contributed by atoms with Crippen LogP contribution in [0.25, 0.3) is 16.6 Å². The molecule has 31 heavy (non-hydrogen) atoms. The summed E-state index contributed by atoms with van der Waals surface area (Å²) < 4.78 is 22.0. The third kappa shape index (κ3) is 3.74. The molecule has 1 atom stereocenters. The van der Waals surface area contributed by atoms with Crippen molar-refractivity contribution in [1.82, 2.24) is 14.9 Å². The van der Waals surface area contributed by atoms with Gasteiger partial charge in [-0.05, 0) is 43.7 Å². The summed E-state index contributed by atoms with van der Waals surface area (Å²) in [5.41, 5.74) is 2.04. The molecule has 3 heterocycles. The number of nitrogens with one attached hydrogen (secondary N) is 2. The molecule has 2 aliphatic heterocycles. The molecule has 0 radical (unpaired) electrons. The first-order valence-electron chi connectivity index (χ1n) is 10.4. The predicted molar refractivity (Wildman–Crippen MR) is 115 cm³/mol. The second kappa shape index (κ2) is 8.03. The van der Waals surface area contributed by atoms with Crippen LogP contribution in [0.5, 0.6) is 5.75 Å². The largest absolute Gasteiger partial charge is 0.511 e. The number of aromatic nitrogens is 2. The molecule has 3 aromatic rings. The average molecular weight is 422 g/mol. The van der Waals surface area contributed by atoms with Crippen LogP contribution < -0.4 is 15.4 Å². The number of allylic oxidation sites excluding steroid dienone is 1. The number of aryl methyl sites for hydroxylation is 1. The highest BCUT2D eigenvalue weighted by molar-refractivity contribution is 6.25. The molecule has 1 aromatic heterocycles. The number of imidazole rings is 1. The fourth-order valence-electron chi connectivity index (χ4n) is 4.18. The molecule has 3 N–H and O–H groups in total. The molecule has 8 heteroatoms. The molecular formula is C23H23FN4O3. The number of amides is 1. The van der Waals surface area contributed by atoms with E-state index in [0.29, 0.717) is 25.4 Å². The summed E-state index contributed by atoms with van der Waals surface area (Å²) in [5, 5.41) is 16.4. The van der Waals surface area contributed by atoms with Gasteiger partial charge in [0, 0.05) is 30.8 Å². The Bertz CT molecular complexity index is 1180. The number of carbonyl (C=O) groups is 1. The molecule has 2 aliphatic rings. The Kier molecular flexibility index (Phi) is 5.07. The van der Waals surface area contributed by atoms with E-state index in [-0.39, 0.29) is 28.8 Å². The summed E-state index contributed by atoms with van der Waals surface area (Å²) in [4.78, 5) is 17.5. The quantitative estimate of drug-likeness (QED) is 0.585. The second-order valence-electron chi connectivity index (χ2n) is 7.85. The van der Waals surface area contributed by atoms with E-state index in [1.807, 2.05) is 28.8 Å². The molecule has 2 aromatic carbocycles. The molecule has 0 bridgehead atoms. The van der Waals surface area contributed by atoms with Crippen LogP contribution in [-0.2, 0) is 11.3 Å². The first kappa shape index (κ1) is 19.6. The molecular weight excluding hydrogens is 399 g/mol. The number of aliphatic hydroxyl groups excluding tert-OH is 1. The highest BCUT2D eigenvalue weighted by Gasteiger charge is 2.28. The van der Waals surface area contributed by atoms with Crippen molar-refractivity contribution in [3.8, 4) is 5.75 Å². The number of ether oxygens (including phenoxy) is 1. The van der Waals surface area contributed by atoms with Crippen molar-refractivity contribution in [2.45, 2.75) is 31.8 Å². The highest BCUT2D eigenvalue weighted by atomic mass is 19.1. The first-order chi connectivity index (χ1) is 15.1. The molecule has 5 rings (SSSR count). The van der Waals surface area contributed by atoms with Gasteiger partial charge in [0.25, 0.3) is 5.91 Å². The monoisotopic (exact) mass is 422 g/mol. The van der Waals surface area contributed by atoms with Gasteiger partial charge in [-0.2, -0.15) is 0 Å². The lowest BCUT2D eigenvalue weighted by Gasteiger charge is -2.19. The van der Waals surface area contributed by atoms with Gasteiger partial charge < -0.3 is 25.0 Å². The number of anilines is 1. The van der Waals surface area contributed by atoms with Crippen LogP contribution in [0, 0.1) is 5.82 Å². The van der Waals surface area contributed by atoms with Gasteiger partial charge >= 0.3 is 0 Å². The lowest BCUT2D eigenvalue weighted by atomic mass is 10.1. The minimum atomic E-state index is -0.551. The Morgan fingerprint density at radius 3 is 3.00 bits per heavy atom. The summed E-state index contributed by atoms with van der Waals surface area (Å²) in [6.07, 6.45) is 2.43. The zero-order valence-electron chi connectivity index (χ0n) is 16.9. The van der Waals surface area contributed by atoms with Crippen LogP contribution in [0.4, 0.5) is 10.1 Å². The number of benzene rings is 2. The summed E-state index contributed by atoms with van der Waals surface area (Å²) in [6, 6.07) is 12.1. The fourth-order valence-corrected chi connectivity index (χ4v) is 4.18. The van der Waals surface area contributed by atoms with Gasteiger partial charge in [0.1, 0.15) is 23.8 Å². The second-order valence-corrected chi connectivity index (χ2v) is 7.85. The number of aliphatic hydroxyl groups is 1. The van der Waals surface area contributed by atoms with E-state index >= 15 is 0 Å². The topological polar surface area (TPSA) is 88.4 Å². The maximum Gasteiger partial charge on any atom is 0.262 e. The molecule has 1 saturated heterocycles. The van der Waals surface area contributed by atoms with Crippen LogP contribution >= 0.6 is 0 Å². The average Bonchev–Trinajstić information content (AvgIpc) is 3.40. The van der Waals surface area contributed by atoms with E-state index in [4.69, 9.17) is 4.74 Å². The first-order valence-corrected chi connectivity index (χ1v) is 10.4. The Balaban J connectivity index is 1.34. The van der Waals surface area contributed by atoms with E-state index < -0.39 is 11.7 Å². The van der Waals surface area contributed by atoms with Crippen molar-refractivity contribution in [3.63, 3.8) is 0 Å². The van der Waals surface area contributed by atoms with Gasteiger partial charge in [-0.25, -0.2) is 9.37 Å². The lowest BCUT2D eigenvalue weighted by molar-refractivity contribution is -0.111. The van der Waals surface area contributed by atoms with Gasteiger partial charge in [-0.15, -0.1) is 0 Å². The minimum absolute atomic E-state index is 0.0233. The number of hydrogen-bond donors (Lipinski definition) is 3. The summed E-state index contributed by atoms with van der Waals surface area (Å²) in [6.45, 7) is 1.90. The van der Waals surface area contributed by atoms with E-state index in [1.165, 1.54) is 12.1 Å². The molecule has 0 saturated carbocycles. The molecule has 0 aliphatic carbocycles. The normalized spacial score (nSPS) is 18.3. The van der Waals surface area contributed by atoms with Crippen LogP contribution in [0.3, 0.4) is 0 Å². The highest BCUT2D eigenvalue weighted by Crippen LogP contribution is 2.31. The van der Waals surface area contributed by atoms with Gasteiger partial charge in [0.15, 0.2) is 11.6 Å². The Hall–Kier alpha value is -3.39. The Labute approximate surface area is 178 Å². The van der Waals surface area contributed by atoms with Gasteiger partial charge in [-0.3, -0.25) is 4.79 Å². The van der Waals surface area contributed by atoms with Gasteiger partial charge in [0.2, 0.25) is 0 Å². The zero-order valence-corrected chi connectivity index (χ0v) is 16.9. The van der Waals surface area contributed by atoms with Crippen LogP contribution in [0.2, 0.25) is 0 Å². The van der Waals surface area contributed by atoms with E-state index in [1.54, 1.807) is 6.07 Å². The number of para-hydroxylation sites is 2. The molecule has 7 nitrogen and oxygen atoms in total. The van der Waals surface area contributed by atoms with Crippen LogP contribution in [0.15, 0.2) is 48.2 Å². The van der Waals surface area contributed by atoms with Crippen LogP contribution in [-0.4, -0.2) is 39.8 Å². The lowest BCUT2D eigenvalue weighted by Crippen LogP contribution is -2.28. The Morgan fingerprint density at radius 1 is 1.32 bits per heavy atom. The summed E-state index contributed by atoms with van der Waals surface area (Å²) >= 11 is 0. The SMILES string of the molecule is O=C(Nc1ccc(OC[C@@H]2CCCN2)c(F)c1)C1=C(O)CCn2c1nc1ccccc12. The van der Waals surface area contributed by atoms with Gasteiger partial charge in [0.05, 0.1) is 11.0 Å². The number of rotatable bonds is 5. The van der Waals surface area contributed by atoms with Crippen molar-refractivity contribution in [3.05, 3.63) is 59.9 Å². The van der Waals surface area contributed by atoms with Crippen molar-refractivity contribution in [2.24, 2.45) is 0 Å². The van der Waals surface area contributed by atoms with E-state index in [2.05, 4.69) is 15.6 Å². The van der Waals surface area contributed by atoms with E-state index in [0.717, 1.165) is 30.4 Å². The number of halogens is 1. The summed E-state index contributed by atoms with van der Waals surface area (Å²) in [5.74, 6) is -0.549. The molecule has 1 amide bonds. The van der Waals surface area contributed by atoms with Gasteiger partial charge in [-0.1, -0.05) is 12.1 Å². The molecule has 160 valence electrons. The number of nitrogens with zero attached hydrogens (tertiary/aromatic N) is 2. The smallest absolute Gasteiger partial charge is 0.262 e. The van der Waals surface area contributed by atoms with Crippen molar-refractivity contribution in [2.75, 3.05) is 18.5 Å². The van der Waals surface area contributed by atoms with Crippen molar-refractivity contribution >= 4 is 28.2 Å². The number of fused-ring (bicyclic) bond motifs is 3. The summed E-state index contributed by atoms with van der Waals surface area (Å²) in [7, 11) is 0. The molecule has 0 unspecified atom stereocenters. The zero-order chi connectivity index (χ0) is 21.4. The van der Waals surface area contributed by atoms with Crippen molar-refractivity contribution in [1.29, 1.82) is 0 Å². The minimum Gasteiger partial charge on any atom is -0.511 e. The standard InChI is InChI=1S/C23H23FN4O3/c24-16-12-14(7-8-20(16)31-13-15-4-3-10-25-15)26-23(30)21-19(29)9-11-28-18-6-2-1-5-17(18)27-22(21)28/h1-2,5-8,12,15,25,29H,3-4,9-11,13H2,(H,26,30)/t15-/m0/s1. The number of carbonyl (C=O) groups excluding carboxylic acids is 1.